The van der Waals surface area contributed by atoms with Crippen LogP contribution in [0.2, 0.25) is 5.02 Å². The highest BCUT2D eigenvalue weighted by Gasteiger charge is 2.42. The Labute approximate surface area is 227 Å². The smallest absolute Gasteiger partial charge is 0.225 e. The molecule has 3 aliphatic rings. The SMILES string of the molecule is CC(=O)NC1CCN(C(=O)C[C@@]2(COc3cc(C)c(Cl)c(C)c3)CN(CC3CCCCC3)CCO2)CC1. The van der Waals surface area contributed by atoms with Crippen LogP contribution in [0.15, 0.2) is 12.1 Å². The fourth-order valence-electron chi connectivity index (χ4n) is 6.21. The first-order chi connectivity index (χ1) is 17.7. The molecule has 0 spiro atoms. The molecular weight excluding hydrogens is 490 g/mol. The second-order valence-corrected chi connectivity index (χ2v) is 11.8. The Hall–Kier alpha value is -1.83. The lowest BCUT2D eigenvalue weighted by Gasteiger charge is -2.44. The third kappa shape index (κ3) is 7.84. The van der Waals surface area contributed by atoms with Gasteiger partial charge in [-0.2, -0.15) is 0 Å². The van der Waals surface area contributed by atoms with Crippen LogP contribution in [0.4, 0.5) is 0 Å². The molecule has 2 aliphatic heterocycles. The third-order valence-electron chi connectivity index (χ3n) is 8.21. The van der Waals surface area contributed by atoms with Gasteiger partial charge in [0.1, 0.15) is 18.0 Å². The molecule has 0 radical (unpaired) electrons. The molecule has 2 saturated heterocycles. The number of carbonyl (C=O) groups is 2. The van der Waals surface area contributed by atoms with Gasteiger partial charge in [0.25, 0.3) is 0 Å². The fraction of sp³-hybridized carbons (Fsp3) is 0.724. The molecule has 2 amide bonds. The number of hydrogen-bond donors (Lipinski definition) is 1. The van der Waals surface area contributed by atoms with E-state index in [-0.39, 0.29) is 17.9 Å². The first-order valence-corrected chi connectivity index (χ1v) is 14.4. The average Bonchev–Trinajstić information content (AvgIpc) is 2.87. The van der Waals surface area contributed by atoms with Crippen LogP contribution in [0.1, 0.15) is 69.4 Å². The Morgan fingerprint density at radius 1 is 1.08 bits per heavy atom. The van der Waals surface area contributed by atoms with Gasteiger partial charge in [0, 0.05) is 50.7 Å². The number of carbonyl (C=O) groups excluding carboxylic acids is 2. The highest BCUT2D eigenvalue weighted by atomic mass is 35.5. The van der Waals surface area contributed by atoms with Gasteiger partial charge in [0.05, 0.1) is 13.0 Å². The number of nitrogens with one attached hydrogen (secondary N) is 1. The number of likely N-dealkylation sites (tertiary alicyclic amines) is 1. The molecular formula is C29H44ClN3O4. The Balaban J connectivity index is 1.44. The molecule has 206 valence electrons. The van der Waals surface area contributed by atoms with Crippen LogP contribution < -0.4 is 10.1 Å². The number of aryl methyl sites for hydroxylation is 2. The number of morpholine rings is 1. The summed E-state index contributed by atoms with van der Waals surface area (Å²) in [6.45, 7) is 10.4. The maximum atomic E-state index is 13.5. The van der Waals surface area contributed by atoms with Crippen LogP contribution in [0, 0.1) is 19.8 Å². The van der Waals surface area contributed by atoms with Gasteiger partial charge in [0.2, 0.25) is 11.8 Å². The van der Waals surface area contributed by atoms with Crippen LogP contribution in [0.5, 0.6) is 5.75 Å². The zero-order valence-corrected chi connectivity index (χ0v) is 23.6. The minimum absolute atomic E-state index is 0.0118. The van der Waals surface area contributed by atoms with Gasteiger partial charge >= 0.3 is 0 Å². The van der Waals surface area contributed by atoms with Crippen molar-refractivity contribution in [3.05, 3.63) is 28.3 Å². The fourth-order valence-corrected chi connectivity index (χ4v) is 6.32. The van der Waals surface area contributed by atoms with E-state index in [1.54, 1.807) is 6.92 Å². The number of halogens is 1. The monoisotopic (exact) mass is 533 g/mol. The summed E-state index contributed by atoms with van der Waals surface area (Å²) in [5.74, 6) is 1.58. The van der Waals surface area contributed by atoms with Crippen LogP contribution >= 0.6 is 11.6 Å². The van der Waals surface area contributed by atoms with Crippen LogP contribution in [-0.2, 0) is 14.3 Å². The molecule has 0 bridgehead atoms. The van der Waals surface area contributed by atoms with E-state index in [9.17, 15) is 9.59 Å². The molecule has 1 atom stereocenters. The molecule has 7 nitrogen and oxygen atoms in total. The molecule has 37 heavy (non-hydrogen) atoms. The van der Waals surface area contributed by atoms with Gasteiger partial charge < -0.3 is 19.7 Å². The summed E-state index contributed by atoms with van der Waals surface area (Å²) in [7, 11) is 0. The molecule has 0 unspecified atom stereocenters. The zero-order valence-electron chi connectivity index (χ0n) is 22.8. The average molecular weight is 534 g/mol. The van der Waals surface area contributed by atoms with Crippen LogP contribution in [-0.4, -0.2) is 79.2 Å². The molecule has 1 aromatic rings. The summed E-state index contributed by atoms with van der Waals surface area (Å²) in [5, 5.41) is 3.75. The lowest BCUT2D eigenvalue weighted by molar-refractivity contribution is -0.157. The Morgan fingerprint density at radius 3 is 2.41 bits per heavy atom. The van der Waals surface area contributed by atoms with E-state index >= 15 is 0 Å². The summed E-state index contributed by atoms with van der Waals surface area (Å²) in [6.07, 6.45) is 8.46. The van der Waals surface area contributed by atoms with Gasteiger partial charge in [-0.25, -0.2) is 0 Å². The highest BCUT2D eigenvalue weighted by molar-refractivity contribution is 6.32. The highest BCUT2D eigenvalue weighted by Crippen LogP contribution is 2.31. The molecule has 1 aromatic carbocycles. The minimum Gasteiger partial charge on any atom is -0.490 e. The number of piperidine rings is 1. The summed E-state index contributed by atoms with van der Waals surface area (Å²) in [5.41, 5.74) is 1.26. The van der Waals surface area contributed by atoms with E-state index in [4.69, 9.17) is 21.1 Å². The molecule has 8 heteroatoms. The topological polar surface area (TPSA) is 71.1 Å². The molecule has 4 rings (SSSR count). The molecule has 2 heterocycles. The van der Waals surface area contributed by atoms with Gasteiger partial charge in [0.15, 0.2) is 0 Å². The second kappa shape index (κ2) is 12.8. The van der Waals surface area contributed by atoms with Crippen molar-refractivity contribution in [3.8, 4) is 5.75 Å². The number of nitrogens with zero attached hydrogens (tertiary/aromatic N) is 2. The van der Waals surface area contributed by atoms with Crippen LogP contribution in [0.25, 0.3) is 0 Å². The summed E-state index contributed by atoms with van der Waals surface area (Å²) in [6, 6.07) is 4.06. The molecule has 3 fully saturated rings. The van der Waals surface area contributed by atoms with E-state index in [1.807, 2.05) is 30.9 Å². The number of hydrogen-bond acceptors (Lipinski definition) is 5. The first-order valence-electron chi connectivity index (χ1n) is 14.0. The number of rotatable bonds is 8. The van der Waals surface area contributed by atoms with Crippen molar-refractivity contribution < 1.29 is 19.1 Å². The third-order valence-corrected chi connectivity index (χ3v) is 8.81. The molecule has 1 saturated carbocycles. The quantitative estimate of drug-likeness (QED) is 0.532. The van der Waals surface area contributed by atoms with Crippen molar-refractivity contribution in [2.45, 2.75) is 83.8 Å². The number of benzene rings is 1. The number of amides is 2. The Bertz CT molecular complexity index is 920. The maximum absolute atomic E-state index is 13.5. The zero-order chi connectivity index (χ0) is 26.4. The van der Waals surface area contributed by atoms with E-state index in [0.717, 1.165) is 53.7 Å². The molecule has 0 aromatic heterocycles. The van der Waals surface area contributed by atoms with Gasteiger partial charge in [-0.15, -0.1) is 0 Å². The van der Waals surface area contributed by atoms with Crippen molar-refractivity contribution in [2.75, 3.05) is 45.9 Å². The van der Waals surface area contributed by atoms with Gasteiger partial charge in [-0.3, -0.25) is 14.5 Å². The lowest BCUT2D eigenvalue weighted by atomic mass is 9.88. The summed E-state index contributed by atoms with van der Waals surface area (Å²) >= 11 is 6.37. The van der Waals surface area contributed by atoms with E-state index in [2.05, 4.69) is 10.2 Å². The Kier molecular flexibility index (Phi) is 9.76. The molecule has 1 aliphatic carbocycles. The summed E-state index contributed by atoms with van der Waals surface area (Å²) in [4.78, 5) is 29.4. The first kappa shape index (κ1) is 28.2. The lowest BCUT2D eigenvalue weighted by Crippen LogP contribution is -2.58. The summed E-state index contributed by atoms with van der Waals surface area (Å²) < 4.78 is 12.8. The van der Waals surface area contributed by atoms with Crippen molar-refractivity contribution in [1.29, 1.82) is 0 Å². The largest absolute Gasteiger partial charge is 0.490 e. The van der Waals surface area contributed by atoms with E-state index in [0.29, 0.717) is 39.3 Å². The Morgan fingerprint density at radius 2 is 1.76 bits per heavy atom. The second-order valence-electron chi connectivity index (χ2n) is 11.5. The van der Waals surface area contributed by atoms with Gasteiger partial charge in [-0.1, -0.05) is 30.9 Å². The predicted octanol–water partition coefficient (Wildman–Crippen LogP) is 4.50. The predicted molar refractivity (Wildman–Crippen MR) is 146 cm³/mol. The van der Waals surface area contributed by atoms with E-state index in [1.165, 1.54) is 32.1 Å². The maximum Gasteiger partial charge on any atom is 0.225 e. The van der Waals surface area contributed by atoms with Crippen molar-refractivity contribution >= 4 is 23.4 Å². The van der Waals surface area contributed by atoms with Crippen molar-refractivity contribution in [2.24, 2.45) is 5.92 Å². The normalized spacial score (nSPS) is 24.2. The minimum atomic E-state index is -0.695. The molecule has 1 N–H and O–H groups in total. The van der Waals surface area contributed by atoms with Crippen LogP contribution in [0.3, 0.4) is 0 Å². The number of ether oxygens (including phenoxy) is 2. The van der Waals surface area contributed by atoms with Gasteiger partial charge in [-0.05, 0) is 68.7 Å². The van der Waals surface area contributed by atoms with Crippen molar-refractivity contribution in [1.82, 2.24) is 15.1 Å². The van der Waals surface area contributed by atoms with E-state index < -0.39 is 5.60 Å². The standard InChI is InChI=1S/C29H44ClN3O4/c1-21-15-26(16-22(2)28(21)30)36-20-29(17-27(35)33-11-9-25(10-12-33)31-23(3)34)19-32(13-14-37-29)18-24-7-5-4-6-8-24/h15-16,24-25H,4-14,17-20H2,1-3H3,(H,31,34)/t29-/m0/s1. The van der Waals surface area contributed by atoms with Crippen molar-refractivity contribution in [3.63, 3.8) is 0 Å².